The predicted molar refractivity (Wildman–Crippen MR) is 98.5 cm³/mol. The Morgan fingerprint density at radius 1 is 1.00 bits per heavy atom. The molecule has 0 N–H and O–H groups in total. The van der Waals surface area contributed by atoms with Gasteiger partial charge in [0, 0.05) is 17.9 Å². The van der Waals surface area contributed by atoms with Gasteiger partial charge < -0.3 is 0 Å². The minimum atomic E-state index is -0.680. The molecule has 0 unspecified atom stereocenters. The van der Waals surface area contributed by atoms with Crippen LogP contribution in [-0.2, 0) is 5.75 Å². The van der Waals surface area contributed by atoms with Crippen LogP contribution >= 0.6 is 35.0 Å². The van der Waals surface area contributed by atoms with E-state index in [-0.39, 0.29) is 17.1 Å². The van der Waals surface area contributed by atoms with Crippen LogP contribution in [0.2, 0.25) is 10.0 Å². The third-order valence-corrected chi connectivity index (χ3v) is 5.07. The Morgan fingerprint density at radius 3 is 2.26 bits per heavy atom. The number of nitro benzene ring substituents is 2. The summed E-state index contributed by atoms with van der Waals surface area (Å²) in [5.41, 5.74) is 0.249. The molecule has 27 heavy (non-hydrogen) atoms. The monoisotopic (exact) mass is 426 g/mol. The predicted octanol–water partition coefficient (Wildman–Crippen LogP) is 4.08. The molecule has 0 amide bonds. The van der Waals surface area contributed by atoms with E-state index in [4.69, 9.17) is 23.2 Å². The summed E-state index contributed by atoms with van der Waals surface area (Å²) < 4.78 is 1.42. The summed E-state index contributed by atoms with van der Waals surface area (Å²) >= 11 is 13.1. The summed E-state index contributed by atoms with van der Waals surface area (Å²) in [6, 6.07) is 8.31. The van der Waals surface area contributed by atoms with E-state index in [2.05, 4.69) is 15.5 Å². The van der Waals surface area contributed by atoms with E-state index in [1.165, 1.54) is 16.8 Å². The van der Waals surface area contributed by atoms with Crippen molar-refractivity contribution < 1.29 is 9.85 Å². The summed E-state index contributed by atoms with van der Waals surface area (Å²) in [4.78, 5) is 20.6. The number of tetrazole rings is 1. The normalized spacial score (nSPS) is 10.7. The lowest BCUT2D eigenvalue weighted by Crippen LogP contribution is -1.99. The molecule has 0 aliphatic carbocycles. The van der Waals surface area contributed by atoms with Gasteiger partial charge in [-0.2, -0.15) is 4.68 Å². The van der Waals surface area contributed by atoms with Crippen molar-refractivity contribution in [2.75, 3.05) is 0 Å². The van der Waals surface area contributed by atoms with Crippen molar-refractivity contribution in [2.24, 2.45) is 0 Å². The van der Waals surface area contributed by atoms with Gasteiger partial charge in [-0.1, -0.05) is 35.0 Å². The van der Waals surface area contributed by atoms with Crippen molar-refractivity contribution in [3.63, 3.8) is 0 Å². The largest absolute Gasteiger partial charge is 0.276 e. The SMILES string of the molecule is O=[N+]([O-])c1cc(CSc2nnnn2-c2ccc(Cl)c(Cl)c2)cc([N+](=O)[O-])c1. The standard InChI is InChI=1S/C14H8Cl2N6O4S/c15-12-2-1-9(6-13(12)16)20-14(17-18-19-20)27-7-8-3-10(21(23)24)5-11(4-8)22(25)26/h1-6H,7H2. The van der Waals surface area contributed by atoms with Crippen LogP contribution in [0.4, 0.5) is 11.4 Å². The zero-order valence-corrected chi connectivity index (χ0v) is 15.5. The lowest BCUT2D eigenvalue weighted by molar-refractivity contribution is -0.394. The number of benzene rings is 2. The molecular formula is C14H8Cl2N6O4S. The lowest BCUT2D eigenvalue weighted by atomic mass is 10.2. The molecule has 138 valence electrons. The average Bonchev–Trinajstić information content (AvgIpc) is 3.10. The van der Waals surface area contributed by atoms with Crippen LogP contribution in [0.15, 0.2) is 41.6 Å². The molecule has 2 aromatic carbocycles. The van der Waals surface area contributed by atoms with Crippen molar-refractivity contribution in [3.8, 4) is 5.69 Å². The topological polar surface area (TPSA) is 130 Å². The van der Waals surface area contributed by atoms with Gasteiger partial charge in [0.15, 0.2) is 0 Å². The van der Waals surface area contributed by atoms with Crippen LogP contribution in [0.25, 0.3) is 5.69 Å². The van der Waals surface area contributed by atoms with E-state index in [0.29, 0.717) is 26.5 Å². The molecule has 0 saturated heterocycles. The van der Waals surface area contributed by atoms with Gasteiger partial charge in [0.25, 0.3) is 11.4 Å². The molecule has 0 spiro atoms. The Morgan fingerprint density at radius 2 is 1.67 bits per heavy atom. The number of rotatable bonds is 6. The molecule has 0 bridgehead atoms. The highest BCUT2D eigenvalue weighted by Gasteiger charge is 2.17. The number of nitrogens with zero attached hydrogens (tertiary/aromatic N) is 6. The Hall–Kier alpha value is -2.76. The van der Waals surface area contributed by atoms with Crippen molar-refractivity contribution >= 4 is 46.3 Å². The van der Waals surface area contributed by atoms with Gasteiger partial charge in [0.05, 0.1) is 31.6 Å². The van der Waals surface area contributed by atoms with Gasteiger partial charge in [-0.05, 0) is 34.2 Å². The second-order valence-electron chi connectivity index (χ2n) is 5.13. The molecule has 0 radical (unpaired) electrons. The van der Waals surface area contributed by atoms with E-state index >= 15 is 0 Å². The molecule has 0 fully saturated rings. The lowest BCUT2D eigenvalue weighted by Gasteiger charge is -2.06. The average molecular weight is 427 g/mol. The third-order valence-electron chi connectivity index (χ3n) is 3.34. The molecule has 3 aromatic rings. The molecular weight excluding hydrogens is 419 g/mol. The van der Waals surface area contributed by atoms with Gasteiger partial charge in [-0.15, -0.1) is 5.10 Å². The maximum Gasteiger partial charge on any atom is 0.276 e. The van der Waals surface area contributed by atoms with Crippen molar-refractivity contribution in [1.29, 1.82) is 0 Å². The highest BCUT2D eigenvalue weighted by molar-refractivity contribution is 7.98. The Kier molecular flexibility index (Phi) is 5.54. The fourth-order valence-corrected chi connectivity index (χ4v) is 3.26. The smallest absolute Gasteiger partial charge is 0.258 e. The summed E-state index contributed by atoms with van der Waals surface area (Å²) in [5.74, 6) is 0.185. The first-order chi connectivity index (χ1) is 12.8. The van der Waals surface area contributed by atoms with Crippen molar-refractivity contribution in [3.05, 3.63) is 72.2 Å². The molecule has 0 aliphatic heterocycles. The number of non-ortho nitro benzene ring substituents is 2. The summed E-state index contributed by atoms with van der Waals surface area (Å²) in [7, 11) is 0. The second-order valence-corrected chi connectivity index (χ2v) is 6.89. The van der Waals surface area contributed by atoms with Crippen molar-refractivity contribution in [1.82, 2.24) is 20.2 Å². The molecule has 3 rings (SSSR count). The van der Waals surface area contributed by atoms with Crippen LogP contribution < -0.4 is 0 Å². The summed E-state index contributed by atoms with van der Waals surface area (Å²) in [6.07, 6.45) is 0. The first-order valence-electron chi connectivity index (χ1n) is 7.14. The number of hydrogen-bond donors (Lipinski definition) is 0. The van der Waals surface area contributed by atoms with E-state index in [9.17, 15) is 20.2 Å². The molecule has 13 heteroatoms. The van der Waals surface area contributed by atoms with Gasteiger partial charge in [-0.3, -0.25) is 20.2 Å². The van der Waals surface area contributed by atoms with Crippen LogP contribution in [0.3, 0.4) is 0 Å². The van der Waals surface area contributed by atoms with Crippen LogP contribution in [0.5, 0.6) is 0 Å². The minimum Gasteiger partial charge on any atom is -0.258 e. The highest BCUT2D eigenvalue weighted by atomic mass is 35.5. The third kappa shape index (κ3) is 4.32. The van der Waals surface area contributed by atoms with Crippen LogP contribution in [0.1, 0.15) is 5.56 Å². The highest BCUT2D eigenvalue weighted by Crippen LogP contribution is 2.29. The quantitative estimate of drug-likeness (QED) is 0.327. The number of halogens is 2. The number of nitro groups is 2. The zero-order valence-electron chi connectivity index (χ0n) is 13.2. The Balaban J connectivity index is 1.86. The first-order valence-corrected chi connectivity index (χ1v) is 8.88. The first kappa shape index (κ1) is 19.0. The Bertz CT molecular complexity index is 1010. The number of thioether (sulfide) groups is 1. The van der Waals surface area contributed by atoms with E-state index in [1.807, 2.05) is 0 Å². The van der Waals surface area contributed by atoms with E-state index in [1.54, 1.807) is 18.2 Å². The van der Waals surface area contributed by atoms with Gasteiger partial charge >= 0.3 is 0 Å². The van der Waals surface area contributed by atoms with Crippen LogP contribution in [0, 0.1) is 20.2 Å². The molecule has 0 aliphatic rings. The zero-order chi connectivity index (χ0) is 19.6. The molecule has 0 saturated carbocycles. The number of aromatic nitrogens is 4. The molecule has 1 heterocycles. The van der Waals surface area contributed by atoms with Gasteiger partial charge in [0.2, 0.25) is 5.16 Å². The molecule has 0 atom stereocenters. The van der Waals surface area contributed by atoms with E-state index < -0.39 is 9.85 Å². The maximum absolute atomic E-state index is 11.0. The van der Waals surface area contributed by atoms with E-state index in [0.717, 1.165) is 17.8 Å². The van der Waals surface area contributed by atoms with Gasteiger partial charge in [0.1, 0.15) is 0 Å². The molecule has 10 nitrogen and oxygen atoms in total. The summed E-state index contributed by atoms with van der Waals surface area (Å²) in [5, 5.41) is 34.4. The fraction of sp³-hybridized carbons (Fsp3) is 0.0714. The number of hydrogen-bond acceptors (Lipinski definition) is 8. The molecule has 1 aromatic heterocycles. The fourth-order valence-electron chi connectivity index (χ4n) is 2.15. The van der Waals surface area contributed by atoms with Crippen LogP contribution in [-0.4, -0.2) is 30.1 Å². The van der Waals surface area contributed by atoms with Gasteiger partial charge in [-0.25, -0.2) is 0 Å². The Labute approximate surface area is 165 Å². The van der Waals surface area contributed by atoms with Crippen molar-refractivity contribution in [2.45, 2.75) is 10.9 Å². The maximum atomic E-state index is 11.0. The minimum absolute atomic E-state index is 0.185. The second kappa shape index (κ2) is 7.86. The summed E-state index contributed by atoms with van der Waals surface area (Å²) in [6.45, 7) is 0.